The topological polar surface area (TPSA) is 245 Å². The van der Waals surface area contributed by atoms with Gasteiger partial charge < -0.3 is 40.6 Å². The molecule has 2 saturated carbocycles. The summed E-state index contributed by atoms with van der Waals surface area (Å²) in [5.41, 5.74) is 4.53. The van der Waals surface area contributed by atoms with E-state index in [-0.39, 0.29) is 52.4 Å². The van der Waals surface area contributed by atoms with Crippen molar-refractivity contribution in [1.29, 1.82) is 0 Å². The number of ether oxygens (including phenoxy) is 4. The Kier molecular flexibility index (Phi) is 17.2. The van der Waals surface area contributed by atoms with Crippen molar-refractivity contribution in [3.8, 4) is 11.8 Å². The fraction of sp³-hybridized carbons (Fsp3) is 0.647. The Morgan fingerprint density at radius 1 is 0.717 bits per heavy atom. The highest BCUT2D eigenvalue weighted by atomic mass is 35.5. The minimum absolute atomic E-state index is 0.0381. The molecule has 0 saturated heterocycles. The van der Waals surface area contributed by atoms with Crippen LogP contribution in [0.25, 0.3) is 0 Å². The molecular formula is C34H53ClN8O10. The van der Waals surface area contributed by atoms with E-state index in [4.69, 9.17) is 36.3 Å². The molecule has 0 radical (unpaired) electrons. The Morgan fingerprint density at radius 2 is 1.11 bits per heavy atom. The Morgan fingerprint density at radius 3 is 1.51 bits per heavy atom. The summed E-state index contributed by atoms with van der Waals surface area (Å²) < 4.78 is 20.2. The molecule has 2 aliphatic carbocycles. The van der Waals surface area contributed by atoms with Crippen molar-refractivity contribution in [1.82, 2.24) is 20.6 Å². The van der Waals surface area contributed by atoms with E-state index in [1.165, 1.54) is 38.5 Å². The first-order valence-electron chi connectivity index (χ1n) is 17.2. The summed E-state index contributed by atoms with van der Waals surface area (Å²) in [5.74, 6) is 0.780. The zero-order valence-electron chi connectivity index (χ0n) is 31.6. The molecular weight excluding hydrogens is 716 g/mol. The van der Waals surface area contributed by atoms with Crippen LogP contribution in [0.3, 0.4) is 0 Å². The second-order valence-corrected chi connectivity index (χ2v) is 14.9. The van der Waals surface area contributed by atoms with Crippen molar-refractivity contribution >= 4 is 41.0 Å². The largest absolute Gasteiger partial charge is 0.481 e. The van der Waals surface area contributed by atoms with Crippen LogP contribution in [-0.2, 0) is 9.47 Å². The zero-order chi connectivity index (χ0) is 39.9. The molecule has 2 aliphatic rings. The van der Waals surface area contributed by atoms with Gasteiger partial charge in [0.1, 0.15) is 11.2 Å². The van der Waals surface area contributed by atoms with E-state index in [0.717, 1.165) is 51.4 Å². The summed E-state index contributed by atoms with van der Waals surface area (Å²) in [6.45, 7) is 11.1. The highest BCUT2D eigenvalue weighted by Gasteiger charge is 2.27. The first-order valence-corrected chi connectivity index (χ1v) is 17.6. The molecule has 18 nitrogen and oxygen atoms in total. The maximum absolute atomic E-state index is 11.8. The summed E-state index contributed by atoms with van der Waals surface area (Å²) in [7, 11) is 2.87. The Balaban J connectivity index is 0.000000304. The maximum atomic E-state index is 11.8. The summed E-state index contributed by atoms with van der Waals surface area (Å²) in [6, 6.07) is 6.09. The third-order valence-electron chi connectivity index (χ3n) is 7.75. The van der Waals surface area contributed by atoms with Crippen molar-refractivity contribution in [3.05, 3.63) is 49.6 Å². The quantitative estimate of drug-likeness (QED) is 0.124. The monoisotopic (exact) mass is 768 g/mol. The van der Waals surface area contributed by atoms with Crippen molar-refractivity contribution in [2.45, 2.75) is 128 Å². The number of halogens is 1. The van der Waals surface area contributed by atoms with Gasteiger partial charge >= 0.3 is 23.6 Å². The molecule has 2 fully saturated rings. The minimum Gasteiger partial charge on any atom is -0.481 e. The van der Waals surface area contributed by atoms with Crippen molar-refractivity contribution in [3.63, 3.8) is 0 Å². The highest BCUT2D eigenvalue weighted by molar-refractivity contribution is 6.31. The zero-order valence-corrected chi connectivity index (χ0v) is 32.4. The van der Waals surface area contributed by atoms with Gasteiger partial charge in [0.05, 0.1) is 24.1 Å². The predicted octanol–water partition coefficient (Wildman–Crippen LogP) is 6.68. The second-order valence-electron chi connectivity index (χ2n) is 14.5. The van der Waals surface area contributed by atoms with E-state index in [1.54, 1.807) is 0 Å². The molecule has 2 amide bonds. The average molecular weight is 769 g/mol. The fourth-order valence-electron chi connectivity index (χ4n) is 5.25. The van der Waals surface area contributed by atoms with Crippen LogP contribution in [0.2, 0.25) is 5.15 Å². The standard InChI is InChI=1S/C17H26N4O5.C11H22N2O2.C6H5ClN2O3/c1-17(2,3)26-16(22)19-12-7-5-11(6-8-12)18-15-13(21(23)24)9-10-14(20-15)25-4;1-11(2,3)15-10(14)13-9-6-4-8(12)5-7-9;1-12-5-3-2-4(9(10)11)6(7)8-5/h9-12H,5-8H2,1-4H3,(H,18,20)(H,19,22);8-9H,4-7,12H2,1-3H3,(H,13,14);2-3H,1H3. The lowest BCUT2D eigenvalue weighted by molar-refractivity contribution is -0.385. The average Bonchev–Trinajstić information content (AvgIpc) is 3.05. The van der Waals surface area contributed by atoms with Gasteiger partial charge in [0.15, 0.2) is 0 Å². The molecule has 2 aromatic rings. The summed E-state index contributed by atoms with van der Waals surface area (Å²) >= 11 is 5.47. The number of carbonyl (C=O) groups excluding carboxylic acids is 2. The van der Waals surface area contributed by atoms with Gasteiger partial charge in [0.25, 0.3) is 0 Å². The SMILES string of the molecule is CC(C)(C)OC(=O)NC1CCC(N)CC1.COc1ccc([N+](=O)[O-])c(Cl)n1.COc1ccc([N+](=O)[O-])c(NC2CCC(NC(=O)OC(C)(C)C)CC2)n1. The number of nitro groups is 2. The Hall–Kier alpha value is -4.71. The molecule has 2 heterocycles. The normalized spacial score (nSPS) is 19.7. The molecule has 5 N–H and O–H groups in total. The lowest BCUT2D eigenvalue weighted by Gasteiger charge is -2.30. The van der Waals surface area contributed by atoms with Crippen LogP contribution in [0.1, 0.15) is 92.9 Å². The summed E-state index contributed by atoms with van der Waals surface area (Å²) in [4.78, 5) is 51.4. The number of nitrogens with zero attached hydrogens (tertiary/aromatic N) is 4. The van der Waals surface area contributed by atoms with E-state index in [0.29, 0.717) is 11.9 Å². The number of methoxy groups -OCH3 is 2. The first kappa shape index (κ1) is 44.5. The molecule has 296 valence electrons. The molecule has 0 atom stereocenters. The molecule has 0 spiro atoms. The van der Waals surface area contributed by atoms with Gasteiger partial charge in [-0.2, -0.15) is 9.97 Å². The van der Waals surface area contributed by atoms with E-state index in [1.807, 2.05) is 41.5 Å². The van der Waals surface area contributed by atoms with Gasteiger partial charge in [0, 0.05) is 48.4 Å². The number of nitrogens with two attached hydrogens (primary N) is 1. The van der Waals surface area contributed by atoms with Crippen molar-refractivity contribution < 1.29 is 38.4 Å². The fourth-order valence-corrected chi connectivity index (χ4v) is 5.46. The molecule has 0 aromatic carbocycles. The number of nitrogens with one attached hydrogen (secondary N) is 3. The number of carbonyl (C=O) groups is 2. The molecule has 53 heavy (non-hydrogen) atoms. The van der Waals surface area contributed by atoms with Crippen LogP contribution in [0, 0.1) is 20.2 Å². The van der Waals surface area contributed by atoms with E-state index in [2.05, 4.69) is 25.9 Å². The number of hydrogen-bond acceptors (Lipinski definition) is 14. The third kappa shape index (κ3) is 17.1. The van der Waals surface area contributed by atoms with Gasteiger partial charge in [-0.25, -0.2) is 9.59 Å². The lowest BCUT2D eigenvalue weighted by atomic mass is 9.91. The highest BCUT2D eigenvalue weighted by Crippen LogP contribution is 2.29. The summed E-state index contributed by atoms with van der Waals surface area (Å²) in [6.07, 6.45) is 6.19. The van der Waals surface area contributed by atoms with Gasteiger partial charge in [-0.05, 0) is 92.9 Å². The number of alkyl carbamates (subject to hydrolysis) is 2. The van der Waals surface area contributed by atoms with E-state index in [9.17, 15) is 29.8 Å². The predicted molar refractivity (Wildman–Crippen MR) is 199 cm³/mol. The minimum atomic E-state index is -0.602. The molecule has 0 unspecified atom stereocenters. The van der Waals surface area contributed by atoms with E-state index >= 15 is 0 Å². The van der Waals surface area contributed by atoms with Crippen LogP contribution in [0.5, 0.6) is 11.8 Å². The number of pyridine rings is 2. The molecule has 4 rings (SSSR count). The van der Waals surface area contributed by atoms with Gasteiger partial charge in [-0.3, -0.25) is 20.2 Å². The Labute approximate surface area is 314 Å². The van der Waals surface area contributed by atoms with Crippen LogP contribution < -0.4 is 31.2 Å². The van der Waals surface area contributed by atoms with Gasteiger partial charge in [0.2, 0.25) is 22.7 Å². The smallest absolute Gasteiger partial charge is 0.407 e. The molecule has 19 heteroatoms. The number of anilines is 1. The molecule has 2 aromatic heterocycles. The number of rotatable bonds is 8. The number of hydrogen-bond donors (Lipinski definition) is 4. The third-order valence-corrected chi connectivity index (χ3v) is 8.02. The van der Waals surface area contributed by atoms with E-state index < -0.39 is 27.1 Å². The molecule has 0 aliphatic heterocycles. The van der Waals surface area contributed by atoms with Crippen molar-refractivity contribution in [2.24, 2.45) is 5.73 Å². The van der Waals surface area contributed by atoms with Crippen molar-refractivity contribution in [2.75, 3.05) is 19.5 Å². The van der Waals surface area contributed by atoms with Gasteiger partial charge in [-0.15, -0.1) is 0 Å². The number of amides is 2. The second kappa shape index (κ2) is 20.5. The maximum Gasteiger partial charge on any atom is 0.407 e. The summed E-state index contributed by atoms with van der Waals surface area (Å²) in [5, 5.41) is 30.2. The Bertz CT molecular complexity index is 1520. The van der Waals surface area contributed by atoms with Gasteiger partial charge in [-0.1, -0.05) is 11.6 Å². The lowest BCUT2D eigenvalue weighted by Crippen LogP contribution is -2.42. The van der Waals surface area contributed by atoms with Crippen LogP contribution in [0.4, 0.5) is 26.8 Å². The van der Waals surface area contributed by atoms with Crippen LogP contribution in [0.15, 0.2) is 24.3 Å². The molecule has 0 bridgehead atoms. The number of aromatic nitrogens is 2. The van der Waals surface area contributed by atoms with Crippen LogP contribution >= 0.6 is 11.6 Å². The first-order chi connectivity index (χ1) is 24.7. The van der Waals surface area contributed by atoms with Crippen LogP contribution in [-0.4, -0.2) is 81.6 Å².